The summed E-state index contributed by atoms with van der Waals surface area (Å²) in [4.78, 5) is 4.07. The Morgan fingerprint density at radius 2 is 2.13 bits per heavy atom. The third kappa shape index (κ3) is 2.01. The predicted molar refractivity (Wildman–Crippen MR) is 60.5 cm³/mol. The number of fused-ring (bicyclic) bond motifs is 1. The molecule has 1 aromatic carbocycles. The largest absolute Gasteiger partial charge is 0.267 e. The van der Waals surface area contributed by atoms with Crippen LogP contribution in [-0.2, 0) is 10.0 Å². The molecule has 1 N–H and O–H groups in total. The normalized spacial score (nSPS) is 12.1. The van der Waals surface area contributed by atoms with E-state index in [9.17, 15) is 8.42 Å². The smallest absolute Gasteiger partial charge is 0.224 e. The highest BCUT2D eigenvalue weighted by Crippen LogP contribution is 2.24. The molecule has 15 heavy (non-hydrogen) atoms. The molecule has 0 aliphatic heterocycles. The van der Waals surface area contributed by atoms with Gasteiger partial charge in [-0.1, -0.05) is 19.1 Å². The minimum atomic E-state index is -3.41. The summed E-state index contributed by atoms with van der Waals surface area (Å²) in [5.74, 6) is 0. The van der Waals surface area contributed by atoms with E-state index < -0.39 is 10.0 Å². The molecule has 0 spiro atoms. The predicted octanol–water partition coefficient (Wildman–Crippen LogP) is 1.59. The van der Waals surface area contributed by atoms with Crippen LogP contribution in [0.3, 0.4) is 0 Å². The maximum Gasteiger partial charge on any atom is 0.267 e. The number of rotatable bonds is 3. The van der Waals surface area contributed by atoms with E-state index in [-0.39, 0.29) is 4.34 Å². The molecule has 0 fully saturated rings. The first kappa shape index (κ1) is 10.5. The molecule has 6 heteroatoms. The van der Waals surface area contributed by atoms with Gasteiger partial charge in [-0.15, -0.1) is 11.3 Å². The second-order valence-corrected chi connectivity index (χ2v) is 5.92. The fourth-order valence-electron chi connectivity index (χ4n) is 1.22. The molecular formula is C9H10N2O2S2. The first-order valence-corrected chi connectivity index (χ1v) is 6.78. The minimum absolute atomic E-state index is 0.130. The zero-order valence-electron chi connectivity index (χ0n) is 8.10. The van der Waals surface area contributed by atoms with Gasteiger partial charge in [-0.3, -0.25) is 0 Å². The topological polar surface area (TPSA) is 59.1 Å². The number of aromatic nitrogens is 1. The van der Waals surface area contributed by atoms with E-state index in [1.165, 1.54) is 11.3 Å². The van der Waals surface area contributed by atoms with Gasteiger partial charge < -0.3 is 0 Å². The van der Waals surface area contributed by atoms with Crippen LogP contribution in [-0.4, -0.2) is 19.9 Å². The standard InChI is InChI=1S/C9H10N2O2S2/c1-2-10-15(12,13)9-11-7-5-3-4-6-8(7)14-9/h3-6,10H,2H2,1H3. The second-order valence-electron chi connectivity index (χ2n) is 2.95. The first-order valence-electron chi connectivity index (χ1n) is 4.49. The van der Waals surface area contributed by atoms with Crippen molar-refractivity contribution in [1.82, 2.24) is 9.71 Å². The summed E-state index contributed by atoms with van der Waals surface area (Å²) in [5, 5.41) is 0. The molecule has 0 aliphatic rings. The molecular weight excluding hydrogens is 232 g/mol. The number of hydrogen-bond acceptors (Lipinski definition) is 4. The molecule has 0 saturated carbocycles. The monoisotopic (exact) mass is 242 g/mol. The van der Waals surface area contributed by atoms with Crippen molar-refractivity contribution in [3.63, 3.8) is 0 Å². The number of hydrogen-bond donors (Lipinski definition) is 1. The number of para-hydroxylation sites is 1. The summed E-state index contributed by atoms with van der Waals surface area (Å²) >= 11 is 1.18. The molecule has 2 aromatic rings. The van der Waals surface area contributed by atoms with Crippen LogP contribution in [0.15, 0.2) is 28.6 Å². The van der Waals surface area contributed by atoms with Gasteiger partial charge in [0.05, 0.1) is 10.2 Å². The van der Waals surface area contributed by atoms with Gasteiger partial charge in [0, 0.05) is 6.54 Å². The van der Waals surface area contributed by atoms with Crippen molar-refractivity contribution in [2.45, 2.75) is 11.3 Å². The molecule has 1 aromatic heterocycles. The molecule has 2 rings (SSSR count). The lowest BCUT2D eigenvalue weighted by Gasteiger charge is -1.97. The highest BCUT2D eigenvalue weighted by atomic mass is 32.2. The molecule has 4 nitrogen and oxygen atoms in total. The number of sulfonamides is 1. The van der Waals surface area contributed by atoms with Gasteiger partial charge >= 0.3 is 0 Å². The molecule has 0 saturated heterocycles. The van der Waals surface area contributed by atoms with Crippen molar-refractivity contribution in [3.8, 4) is 0 Å². The third-order valence-electron chi connectivity index (χ3n) is 1.84. The summed E-state index contributed by atoms with van der Waals surface area (Å²) < 4.78 is 26.7. The van der Waals surface area contributed by atoms with E-state index in [1.807, 2.05) is 18.2 Å². The van der Waals surface area contributed by atoms with E-state index in [1.54, 1.807) is 13.0 Å². The lowest BCUT2D eigenvalue weighted by molar-refractivity contribution is 0.583. The van der Waals surface area contributed by atoms with E-state index in [0.29, 0.717) is 6.54 Å². The number of thiazole rings is 1. The highest BCUT2D eigenvalue weighted by Gasteiger charge is 2.17. The molecule has 1 heterocycles. The number of nitrogens with one attached hydrogen (secondary N) is 1. The number of benzene rings is 1. The molecule has 0 radical (unpaired) electrons. The minimum Gasteiger partial charge on any atom is -0.224 e. The Hall–Kier alpha value is -0.980. The average Bonchev–Trinajstić information content (AvgIpc) is 2.61. The van der Waals surface area contributed by atoms with Gasteiger partial charge in [-0.05, 0) is 12.1 Å². The Kier molecular flexibility index (Phi) is 2.72. The van der Waals surface area contributed by atoms with Gasteiger partial charge in [-0.25, -0.2) is 18.1 Å². The molecule has 0 aliphatic carbocycles. The molecule has 0 amide bonds. The van der Waals surface area contributed by atoms with Gasteiger partial charge in [0.2, 0.25) is 4.34 Å². The van der Waals surface area contributed by atoms with Crippen LogP contribution in [0.25, 0.3) is 10.2 Å². The second kappa shape index (κ2) is 3.88. The van der Waals surface area contributed by atoms with Gasteiger partial charge in [0.25, 0.3) is 10.0 Å². The Morgan fingerprint density at radius 3 is 2.80 bits per heavy atom. The fourth-order valence-corrected chi connectivity index (χ4v) is 3.52. The van der Waals surface area contributed by atoms with E-state index >= 15 is 0 Å². The SMILES string of the molecule is CCNS(=O)(=O)c1nc2ccccc2s1. The van der Waals surface area contributed by atoms with Crippen molar-refractivity contribution in [2.75, 3.05) is 6.54 Å². The lowest BCUT2D eigenvalue weighted by Crippen LogP contribution is -2.22. The fraction of sp³-hybridized carbons (Fsp3) is 0.222. The van der Waals surface area contributed by atoms with E-state index in [0.717, 1.165) is 10.2 Å². The van der Waals surface area contributed by atoms with Crippen LogP contribution in [0.4, 0.5) is 0 Å². The Morgan fingerprint density at radius 1 is 1.40 bits per heavy atom. The van der Waals surface area contributed by atoms with Crippen molar-refractivity contribution >= 4 is 31.6 Å². The van der Waals surface area contributed by atoms with Crippen LogP contribution in [0, 0.1) is 0 Å². The Bertz CT molecular complexity index is 542. The first-order chi connectivity index (χ1) is 7.13. The van der Waals surface area contributed by atoms with Crippen molar-refractivity contribution in [3.05, 3.63) is 24.3 Å². The molecule has 0 atom stereocenters. The maximum absolute atomic E-state index is 11.6. The van der Waals surface area contributed by atoms with Crippen molar-refractivity contribution in [2.24, 2.45) is 0 Å². The van der Waals surface area contributed by atoms with Crippen LogP contribution in [0.5, 0.6) is 0 Å². The molecule has 80 valence electrons. The zero-order chi connectivity index (χ0) is 10.9. The maximum atomic E-state index is 11.6. The Balaban J connectivity index is 2.54. The van der Waals surface area contributed by atoms with Crippen LogP contribution < -0.4 is 4.72 Å². The van der Waals surface area contributed by atoms with E-state index in [4.69, 9.17) is 0 Å². The van der Waals surface area contributed by atoms with Crippen LogP contribution >= 0.6 is 11.3 Å². The molecule has 0 bridgehead atoms. The Labute approximate surface area is 92.0 Å². The summed E-state index contributed by atoms with van der Waals surface area (Å²) in [6.07, 6.45) is 0. The van der Waals surface area contributed by atoms with Gasteiger partial charge in [0.15, 0.2) is 0 Å². The van der Waals surface area contributed by atoms with Gasteiger partial charge in [-0.2, -0.15) is 0 Å². The zero-order valence-corrected chi connectivity index (χ0v) is 9.73. The average molecular weight is 242 g/mol. The van der Waals surface area contributed by atoms with Crippen LogP contribution in [0.1, 0.15) is 6.92 Å². The number of nitrogens with zero attached hydrogens (tertiary/aromatic N) is 1. The third-order valence-corrected chi connectivity index (χ3v) is 4.80. The quantitative estimate of drug-likeness (QED) is 0.889. The summed E-state index contributed by atoms with van der Waals surface area (Å²) in [6.45, 7) is 2.11. The van der Waals surface area contributed by atoms with Gasteiger partial charge in [0.1, 0.15) is 0 Å². The summed E-state index contributed by atoms with van der Waals surface area (Å²) in [5.41, 5.74) is 0.721. The summed E-state index contributed by atoms with van der Waals surface area (Å²) in [6, 6.07) is 7.37. The lowest BCUT2D eigenvalue weighted by atomic mass is 10.3. The highest BCUT2D eigenvalue weighted by molar-refractivity contribution is 7.91. The van der Waals surface area contributed by atoms with Crippen molar-refractivity contribution < 1.29 is 8.42 Å². The van der Waals surface area contributed by atoms with Crippen LogP contribution in [0.2, 0.25) is 0 Å². The van der Waals surface area contributed by atoms with E-state index in [2.05, 4.69) is 9.71 Å². The van der Waals surface area contributed by atoms with Crippen molar-refractivity contribution in [1.29, 1.82) is 0 Å². The molecule has 0 unspecified atom stereocenters. The summed E-state index contributed by atoms with van der Waals surface area (Å²) in [7, 11) is -3.41.